The van der Waals surface area contributed by atoms with Crippen molar-refractivity contribution in [1.29, 1.82) is 0 Å². The molecule has 0 spiro atoms. The molecule has 0 bridgehead atoms. The molecule has 0 fully saturated rings. The van der Waals surface area contributed by atoms with Gasteiger partial charge < -0.3 is 19.5 Å². The minimum absolute atomic E-state index is 0.123. The second-order valence-electron chi connectivity index (χ2n) is 7.07. The summed E-state index contributed by atoms with van der Waals surface area (Å²) in [4.78, 5) is 28.3. The number of hydrogen-bond acceptors (Lipinski definition) is 6. The number of hydrogen-bond donors (Lipinski definition) is 1. The van der Waals surface area contributed by atoms with Crippen molar-refractivity contribution in [2.75, 3.05) is 31.5 Å². The number of imide groups is 1. The molecule has 3 aromatic rings. The van der Waals surface area contributed by atoms with E-state index < -0.39 is 11.8 Å². The molecule has 0 saturated heterocycles. The number of carbonyl (C=O) groups is 2. The minimum Gasteiger partial charge on any atom is -0.497 e. The van der Waals surface area contributed by atoms with Crippen molar-refractivity contribution in [1.82, 2.24) is 0 Å². The number of halogens is 1. The lowest BCUT2D eigenvalue weighted by Crippen LogP contribution is -2.32. The molecule has 4 rings (SSSR count). The zero-order valence-electron chi connectivity index (χ0n) is 18.2. The van der Waals surface area contributed by atoms with E-state index in [1.807, 2.05) is 6.07 Å². The lowest BCUT2D eigenvalue weighted by atomic mass is 10.0. The minimum atomic E-state index is -0.530. The van der Waals surface area contributed by atoms with E-state index in [-0.39, 0.29) is 17.0 Å². The highest BCUT2D eigenvalue weighted by Gasteiger charge is 2.41. The summed E-state index contributed by atoms with van der Waals surface area (Å²) in [6.07, 6.45) is 0. The summed E-state index contributed by atoms with van der Waals surface area (Å²) in [5.41, 5.74) is 1.77. The maximum atomic E-state index is 13.6. The van der Waals surface area contributed by atoms with E-state index in [4.69, 9.17) is 25.8 Å². The van der Waals surface area contributed by atoms with Crippen LogP contribution in [0.15, 0.2) is 72.4 Å². The van der Waals surface area contributed by atoms with Gasteiger partial charge in [-0.15, -0.1) is 0 Å². The van der Waals surface area contributed by atoms with Crippen molar-refractivity contribution >= 4 is 40.4 Å². The summed E-state index contributed by atoms with van der Waals surface area (Å²) in [7, 11) is 4.50. The van der Waals surface area contributed by atoms with Gasteiger partial charge in [0.05, 0.1) is 37.6 Å². The number of rotatable bonds is 7. The van der Waals surface area contributed by atoms with Crippen LogP contribution in [0.25, 0.3) is 5.57 Å². The fourth-order valence-electron chi connectivity index (χ4n) is 3.60. The van der Waals surface area contributed by atoms with Gasteiger partial charge in [0, 0.05) is 11.8 Å². The molecule has 1 N–H and O–H groups in total. The Kier molecular flexibility index (Phi) is 6.24. The molecule has 0 unspecified atom stereocenters. The highest BCUT2D eigenvalue weighted by atomic mass is 35.5. The smallest absolute Gasteiger partial charge is 0.282 e. The van der Waals surface area contributed by atoms with Gasteiger partial charge in [-0.2, -0.15) is 0 Å². The van der Waals surface area contributed by atoms with Crippen LogP contribution in [-0.4, -0.2) is 33.1 Å². The van der Waals surface area contributed by atoms with Crippen LogP contribution < -0.4 is 24.4 Å². The van der Waals surface area contributed by atoms with Crippen molar-refractivity contribution in [3.63, 3.8) is 0 Å². The van der Waals surface area contributed by atoms with Crippen molar-refractivity contribution in [3.05, 3.63) is 83.0 Å². The van der Waals surface area contributed by atoms with Crippen LogP contribution in [0.4, 0.5) is 11.4 Å². The van der Waals surface area contributed by atoms with Crippen molar-refractivity contribution in [2.45, 2.75) is 0 Å². The Balaban J connectivity index is 1.83. The van der Waals surface area contributed by atoms with Crippen molar-refractivity contribution < 1.29 is 23.8 Å². The fourth-order valence-corrected chi connectivity index (χ4v) is 3.85. The second-order valence-corrected chi connectivity index (χ2v) is 7.48. The summed E-state index contributed by atoms with van der Waals surface area (Å²) in [5, 5.41) is 3.45. The predicted molar refractivity (Wildman–Crippen MR) is 127 cm³/mol. The van der Waals surface area contributed by atoms with Gasteiger partial charge in [-0.25, -0.2) is 4.90 Å². The number of carbonyl (C=O) groups excluding carboxylic acids is 2. The molecule has 2 amide bonds. The first-order chi connectivity index (χ1) is 16.0. The van der Waals surface area contributed by atoms with Gasteiger partial charge in [-0.05, 0) is 35.9 Å². The van der Waals surface area contributed by atoms with Gasteiger partial charge in [-0.1, -0.05) is 41.9 Å². The van der Waals surface area contributed by atoms with Crippen LogP contribution in [0.1, 0.15) is 5.56 Å². The largest absolute Gasteiger partial charge is 0.497 e. The topological polar surface area (TPSA) is 77.1 Å². The zero-order valence-corrected chi connectivity index (χ0v) is 19.0. The van der Waals surface area contributed by atoms with E-state index >= 15 is 0 Å². The molecule has 1 aliphatic rings. The molecule has 7 nitrogen and oxygen atoms in total. The predicted octanol–water partition coefficient (Wildman–Crippen LogP) is 4.76. The summed E-state index contributed by atoms with van der Waals surface area (Å²) >= 11 is 6.26. The van der Waals surface area contributed by atoms with Gasteiger partial charge in [0.2, 0.25) is 0 Å². The molecule has 1 heterocycles. The molecule has 1 aliphatic heterocycles. The Bertz CT molecular complexity index is 1260. The second kappa shape index (κ2) is 9.26. The van der Waals surface area contributed by atoms with Crippen LogP contribution in [-0.2, 0) is 9.59 Å². The van der Waals surface area contributed by atoms with E-state index in [1.165, 1.54) is 21.3 Å². The van der Waals surface area contributed by atoms with Crippen LogP contribution in [0.3, 0.4) is 0 Å². The average molecular weight is 465 g/mol. The van der Waals surface area contributed by atoms with Crippen LogP contribution >= 0.6 is 11.6 Å². The van der Waals surface area contributed by atoms with E-state index in [9.17, 15) is 9.59 Å². The fraction of sp³-hybridized carbons (Fsp3) is 0.120. The highest BCUT2D eigenvalue weighted by molar-refractivity contribution is 6.46. The summed E-state index contributed by atoms with van der Waals surface area (Å²) in [6.45, 7) is 0. The molecule has 168 valence electrons. The standard InChI is InChI=1S/C25H21ClN2O5/c1-31-17-10-12-21(33-3)19(14-17)28-24(29)22(15-7-5-4-6-8-15)23(25(28)30)27-16-9-11-20(32-2)18(26)13-16/h4-14,27H,1-3H3. The quantitative estimate of drug-likeness (QED) is 0.508. The summed E-state index contributed by atoms with van der Waals surface area (Å²) in [5.74, 6) is 0.322. The number of benzene rings is 3. The first kappa shape index (κ1) is 22.2. The Morgan fingerprint density at radius 3 is 2.12 bits per heavy atom. The van der Waals surface area contributed by atoms with E-state index in [0.29, 0.717) is 33.5 Å². The van der Waals surface area contributed by atoms with Crippen LogP contribution in [0.2, 0.25) is 5.02 Å². The molecule has 33 heavy (non-hydrogen) atoms. The van der Waals surface area contributed by atoms with E-state index in [2.05, 4.69) is 5.32 Å². The molecule has 0 atom stereocenters. The number of methoxy groups -OCH3 is 3. The molecule has 0 saturated carbocycles. The first-order valence-corrected chi connectivity index (χ1v) is 10.4. The Morgan fingerprint density at radius 2 is 1.48 bits per heavy atom. The van der Waals surface area contributed by atoms with E-state index in [1.54, 1.807) is 60.7 Å². The zero-order chi connectivity index (χ0) is 23.5. The van der Waals surface area contributed by atoms with Gasteiger partial charge in [-0.3, -0.25) is 9.59 Å². The maximum Gasteiger partial charge on any atom is 0.282 e. The number of anilines is 2. The Labute approximate surface area is 196 Å². The molecular formula is C25H21ClN2O5. The summed E-state index contributed by atoms with van der Waals surface area (Å²) in [6, 6.07) is 18.9. The maximum absolute atomic E-state index is 13.6. The van der Waals surface area contributed by atoms with Gasteiger partial charge in [0.15, 0.2) is 0 Å². The van der Waals surface area contributed by atoms with Crippen LogP contribution in [0.5, 0.6) is 17.2 Å². The molecule has 3 aromatic carbocycles. The van der Waals surface area contributed by atoms with Gasteiger partial charge >= 0.3 is 0 Å². The van der Waals surface area contributed by atoms with Gasteiger partial charge in [0.1, 0.15) is 22.9 Å². The third kappa shape index (κ3) is 4.10. The lowest BCUT2D eigenvalue weighted by Gasteiger charge is -2.19. The normalized spacial score (nSPS) is 13.4. The van der Waals surface area contributed by atoms with Gasteiger partial charge in [0.25, 0.3) is 11.8 Å². The first-order valence-electron chi connectivity index (χ1n) is 9.99. The third-order valence-electron chi connectivity index (χ3n) is 5.19. The highest BCUT2D eigenvalue weighted by Crippen LogP contribution is 2.40. The molecular weight excluding hydrogens is 444 g/mol. The molecule has 8 heteroatoms. The third-order valence-corrected chi connectivity index (χ3v) is 5.49. The monoisotopic (exact) mass is 464 g/mol. The molecule has 0 aliphatic carbocycles. The Hall–Kier alpha value is -3.97. The summed E-state index contributed by atoms with van der Waals surface area (Å²) < 4.78 is 15.9. The average Bonchev–Trinajstić information content (AvgIpc) is 3.08. The number of amides is 2. The molecule has 0 aromatic heterocycles. The SMILES string of the molecule is COc1ccc(OC)c(N2C(=O)C(Nc3ccc(OC)c(Cl)c3)=C(c3ccccc3)C2=O)c1. The molecule has 0 radical (unpaired) electrons. The van der Waals surface area contributed by atoms with Crippen LogP contribution in [0, 0.1) is 0 Å². The lowest BCUT2D eigenvalue weighted by molar-refractivity contribution is -0.120. The number of ether oxygens (including phenoxy) is 3. The van der Waals surface area contributed by atoms with Crippen molar-refractivity contribution in [2.24, 2.45) is 0 Å². The number of nitrogens with one attached hydrogen (secondary N) is 1. The van der Waals surface area contributed by atoms with Crippen molar-refractivity contribution in [3.8, 4) is 17.2 Å². The van der Waals surface area contributed by atoms with E-state index in [0.717, 1.165) is 4.90 Å². The number of nitrogens with zero attached hydrogens (tertiary/aromatic N) is 1. The Morgan fingerprint density at radius 1 is 0.788 bits per heavy atom.